The lowest BCUT2D eigenvalue weighted by Gasteiger charge is -2.22. The van der Waals surface area contributed by atoms with Gasteiger partial charge in [-0.05, 0) is 27.2 Å². The molecule has 0 fully saturated rings. The van der Waals surface area contributed by atoms with Crippen molar-refractivity contribution in [1.29, 1.82) is 0 Å². The second-order valence-electron chi connectivity index (χ2n) is 3.54. The maximum absolute atomic E-state index is 4.54. The molecule has 0 saturated heterocycles. The molecule has 0 unspecified atom stereocenters. The van der Waals surface area contributed by atoms with Crippen LogP contribution in [-0.2, 0) is 0 Å². The fourth-order valence-electron chi connectivity index (χ4n) is 1.49. The van der Waals surface area contributed by atoms with Gasteiger partial charge < -0.3 is 4.90 Å². The molecule has 1 aromatic heterocycles. The molecule has 0 aliphatic carbocycles. The minimum atomic E-state index is 0.978. The molecule has 84 valence electrons. The molecule has 0 bridgehead atoms. The van der Waals surface area contributed by atoms with E-state index in [-0.39, 0.29) is 0 Å². The highest BCUT2D eigenvalue weighted by atomic mass is 79.9. The number of hydrogen-bond donors (Lipinski definition) is 0. The van der Waals surface area contributed by atoms with Gasteiger partial charge in [0.2, 0.25) is 0 Å². The normalized spacial score (nSPS) is 10.4. The number of halogens is 1. The van der Waals surface area contributed by atoms with Crippen LogP contribution in [0, 0.1) is 13.8 Å². The van der Waals surface area contributed by atoms with E-state index in [4.69, 9.17) is 0 Å². The Morgan fingerprint density at radius 3 is 2.73 bits per heavy atom. The third-order valence-electron chi connectivity index (χ3n) is 2.29. The van der Waals surface area contributed by atoms with Crippen molar-refractivity contribution >= 4 is 21.7 Å². The predicted molar refractivity (Wildman–Crippen MR) is 67.8 cm³/mol. The minimum absolute atomic E-state index is 0.978. The molecule has 0 aliphatic heterocycles. The maximum Gasteiger partial charge on any atom is 0.150 e. The summed E-state index contributed by atoms with van der Waals surface area (Å²) in [6.45, 7) is 8.15. The molecule has 15 heavy (non-hydrogen) atoms. The van der Waals surface area contributed by atoms with E-state index in [9.17, 15) is 0 Å². The Morgan fingerprint density at radius 2 is 2.13 bits per heavy atom. The highest BCUT2D eigenvalue weighted by Gasteiger charge is 2.09. The summed E-state index contributed by atoms with van der Waals surface area (Å²) in [7, 11) is 0. The van der Waals surface area contributed by atoms with E-state index in [2.05, 4.69) is 37.7 Å². The minimum Gasteiger partial charge on any atom is -0.355 e. The van der Waals surface area contributed by atoms with Crippen molar-refractivity contribution in [3.05, 3.63) is 17.6 Å². The van der Waals surface area contributed by atoms with Crippen LogP contribution in [0.1, 0.15) is 24.7 Å². The second-order valence-corrected chi connectivity index (χ2v) is 4.34. The van der Waals surface area contributed by atoms with Gasteiger partial charge in [-0.1, -0.05) is 15.9 Å². The molecular weight excluding hydrogens is 254 g/mol. The van der Waals surface area contributed by atoms with E-state index in [1.54, 1.807) is 0 Å². The van der Waals surface area contributed by atoms with Crippen LogP contribution < -0.4 is 4.90 Å². The average molecular weight is 272 g/mol. The van der Waals surface area contributed by atoms with Gasteiger partial charge in [0.25, 0.3) is 0 Å². The van der Waals surface area contributed by atoms with Crippen LogP contribution >= 0.6 is 15.9 Å². The Labute approximate surface area is 100 Å². The quantitative estimate of drug-likeness (QED) is 0.772. The van der Waals surface area contributed by atoms with Crippen LogP contribution in [0.4, 0.5) is 5.82 Å². The molecule has 1 rings (SSSR count). The standard InChI is InChI=1S/C11H18BrN3/c1-4-15(7-5-6-12)11-10(3)13-8-9(2)14-11/h8H,4-7H2,1-3H3. The highest BCUT2D eigenvalue weighted by Crippen LogP contribution is 2.15. The third kappa shape index (κ3) is 3.45. The van der Waals surface area contributed by atoms with Crippen molar-refractivity contribution < 1.29 is 0 Å². The van der Waals surface area contributed by atoms with Gasteiger partial charge in [-0.2, -0.15) is 0 Å². The van der Waals surface area contributed by atoms with Crippen molar-refractivity contribution in [3.8, 4) is 0 Å². The SMILES string of the molecule is CCN(CCCBr)c1nc(C)cnc1C. The van der Waals surface area contributed by atoms with Crippen LogP contribution in [0.5, 0.6) is 0 Å². The monoisotopic (exact) mass is 271 g/mol. The molecule has 0 saturated carbocycles. The molecule has 0 radical (unpaired) electrons. The number of rotatable bonds is 5. The fraction of sp³-hybridized carbons (Fsp3) is 0.636. The molecule has 3 nitrogen and oxygen atoms in total. The largest absolute Gasteiger partial charge is 0.355 e. The maximum atomic E-state index is 4.54. The first-order valence-corrected chi connectivity index (χ1v) is 6.42. The Morgan fingerprint density at radius 1 is 1.40 bits per heavy atom. The lowest BCUT2D eigenvalue weighted by atomic mass is 10.3. The van der Waals surface area contributed by atoms with Crippen molar-refractivity contribution in [2.24, 2.45) is 0 Å². The smallest absolute Gasteiger partial charge is 0.150 e. The zero-order valence-corrected chi connectivity index (χ0v) is 11.2. The van der Waals surface area contributed by atoms with Crippen LogP contribution in [0.2, 0.25) is 0 Å². The summed E-state index contributed by atoms with van der Waals surface area (Å²) >= 11 is 3.45. The van der Waals surface area contributed by atoms with Gasteiger partial charge in [-0.25, -0.2) is 4.98 Å². The van der Waals surface area contributed by atoms with E-state index in [0.29, 0.717) is 0 Å². The summed E-state index contributed by atoms with van der Waals surface area (Å²) in [6, 6.07) is 0. The van der Waals surface area contributed by atoms with Gasteiger partial charge in [-0.15, -0.1) is 0 Å². The van der Waals surface area contributed by atoms with Crippen LogP contribution in [-0.4, -0.2) is 28.4 Å². The summed E-state index contributed by atoms with van der Waals surface area (Å²) in [4.78, 5) is 11.2. The molecular formula is C11H18BrN3. The molecule has 0 spiro atoms. The molecule has 4 heteroatoms. The number of anilines is 1. The Balaban J connectivity index is 2.85. The summed E-state index contributed by atoms with van der Waals surface area (Å²) in [6.07, 6.45) is 2.94. The topological polar surface area (TPSA) is 29.0 Å². The van der Waals surface area contributed by atoms with E-state index in [1.807, 2.05) is 20.0 Å². The molecule has 0 aliphatic rings. The lowest BCUT2D eigenvalue weighted by Crippen LogP contribution is -2.26. The number of alkyl halides is 1. The molecule has 0 aromatic carbocycles. The number of nitrogens with zero attached hydrogens (tertiary/aromatic N) is 3. The van der Waals surface area contributed by atoms with E-state index < -0.39 is 0 Å². The molecule has 0 atom stereocenters. The average Bonchev–Trinajstić information content (AvgIpc) is 2.24. The van der Waals surface area contributed by atoms with Crippen LogP contribution in [0.25, 0.3) is 0 Å². The third-order valence-corrected chi connectivity index (χ3v) is 2.85. The van der Waals surface area contributed by atoms with Gasteiger partial charge in [0.1, 0.15) is 5.82 Å². The van der Waals surface area contributed by atoms with Gasteiger partial charge in [-0.3, -0.25) is 4.98 Å². The van der Waals surface area contributed by atoms with Crippen molar-refractivity contribution in [2.75, 3.05) is 23.3 Å². The van der Waals surface area contributed by atoms with Crippen molar-refractivity contribution in [2.45, 2.75) is 27.2 Å². The summed E-state index contributed by atoms with van der Waals surface area (Å²) in [5.74, 6) is 1.03. The first-order chi connectivity index (χ1) is 7.19. The Kier molecular flexibility index (Phi) is 5.02. The lowest BCUT2D eigenvalue weighted by molar-refractivity contribution is 0.773. The fourth-order valence-corrected chi connectivity index (χ4v) is 1.74. The van der Waals surface area contributed by atoms with E-state index >= 15 is 0 Å². The Bertz CT molecular complexity index is 315. The van der Waals surface area contributed by atoms with Gasteiger partial charge in [0.15, 0.2) is 0 Å². The van der Waals surface area contributed by atoms with Crippen LogP contribution in [0.3, 0.4) is 0 Å². The molecule has 1 aromatic rings. The molecule has 0 N–H and O–H groups in total. The number of hydrogen-bond acceptors (Lipinski definition) is 3. The zero-order valence-electron chi connectivity index (χ0n) is 9.63. The number of aryl methyl sites for hydroxylation is 2. The van der Waals surface area contributed by atoms with Gasteiger partial charge >= 0.3 is 0 Å². The summed E-state index contributed by atoms with van der Waals surface area (Å²) in [5.41, 5.74) is 1.99. The molecule has 1 heterocycles. The first kappa shape index (κ1) is 12.4. The van der Waals surface area contributed by atoms with Gasteiger partial charge in [0, 0.05) is 24.6 Å². The van der Waals surface area contributed by atoms with E-state index in [0.717, 1.165) is 42.0 Å². The van der Waals surface area contributed by atoms with E-state index in [1.165, 1.54) is 0 Å². The predicted octanol–water partition coefficient (Wildman–Crippen LogP) is 2.70. The zero-order chi connectivity index (χ0) is 11.3. The highest BCUT2D eigenvalue weighted by molar-refractivity contribution is 9.09. The first-order valence-electron chi connectivity index (χ1n) is 5.30. The summed E-state index contributed by atoms with van der Waals surface area (Å²) in [5, 5.41) is 1.03. The Hall–Kier alpha value is -0.640. The summed E-state index contributed by atoms with van der Waals surface area (Å²) < 4.78 is 0. The van der Waals surface area contributed by atoms with Gasteiger partial charge in [0.05, 0.1) is 11.4 Å². The molecule has 0 amide bonds. The number of aromatic nitrogens is 2. The van der Waals surface area contributed by atoms with Crippen molar-refractivity contribution in [1.82, 2.24) is 9.97 Å². The van der Waals surface area contributed by atoms with Crippen molar-refractivity contribution in [3.63, 3.8) is 0 Å². The second kappa shape index (κ2) is 6.05. The van der Waals surface area contributed by atoms with Crippen LogP contribution in [0.15, 0.2) is 6.20 Å².